The van der Waals surface area contributed by atoms with Crippen LogP contribution in [0.15, 0.2) is 18.2 Å². The number of halogens is 3. The molecule has 4 nitrogen and oxygen atoms in total. The zero-order valence-electron chi connectivity index (χ0n) is 12.4. The molecule has 0 aromatic heterocycles. The van der Waals surface area contributed by atoms with Crippen LogP contribution < -0.4 is 0 Å². The summed E-state index contributed by atoms with van der Waals surface area (Å²) in [7, 11) is 0. The minimum absolute atomic E-state index is 0.0688. The van der Waals surface area contributed by atoms with Gasteiger partial charge in [-0.1, -0.05) is 12.1 Å². The second-order valence-corrected chi connectivity index (χ2v) is 6.19. The highest BCUT2D eigenvalue weighted by Crippen LogP contribution is 2.48. The van der Waals surface area contributed by atoms with E-state index in [0.717, 1.165) is 0 Å². The van der Waals surface area contributed by atoms with E-state index >= 15 is 0 Å². The van der Waals surface area contributed by atoms with Gasteiger partial charge in [-0.3, -0.25) is 0 Å². The molecule has 3 rings (SSSR count). The molecule has 2 heterocycles. The predicted molar refractivity (Wildman–Crippen MR) is 75.4 cm³/mol. The van der Waals surface area contributed by atoms with E-state index in [2.05, 4.69) is 0 Å². The van der Waals surface area contributed by atoms with Crippen LogP contribution in [-0.2, 0) is 9.47 Å². The fraction of sp³-hybridized carbons (Fsp3) is 0.625. The number of ether oxygens (including phenoxy) is 2. The maximum Gasteiger partial charge on any atom is 0.392 e. The Hall–Kier alpha value is -1.47. The van der Waals surface area contributed by atoms with Gasteiger partial charge in [-0.25, -0.2) is 0 Å². The van der Waals surface area contributed by atoms with Gasteiger partial charge in [0.2, 0.25) is 0 Å². The van der Waals surface area contributed by atoms with Crippen molar-refractivity contribution in [3.05, 3.63) is 23.8 Å². The Morgan fingerprint density at radius 2 is 1.78 bits per heavy atom. The maximum atomic E-state index is 13.6. The topological polar surface area (TPSA) is 65.5 Å². The molecule has 7 heteroatoms. The third-order valence-corrected chi connectivity index (χ3v) is 4.47. The van der Waals surface area contributed by atoms with Gasteiger partial charge < -0.3 is 19.7 Å². The number of rotatable bonds is 7. The van der Waals surface area contributed by atoms with Crippen LogP contribution in [0.3, 0.4) is 0 Å². The number of hydrogen-bond acceptors (Lipinski definition) is 4. The molecule has 0 spiro atoms. The van der Waals surface area contributed by atoms with Crippen LogP contribution in [-0.4, -0.2) is 41.8 Å². The number of phenols is 2. The average Bonchev–Trinajstić information content (AvgIpc) is 3.33. The van der Waals surface area contributed by atoms with Crippen LogP contribution in [0.25, 0.3) is 0 Å². The molecule has 0 amide bonds. The Morgan fingerprint density at radius 1 is 1.13 bits per heavy atom. The van der Waals surface area contributed by atoms with Crippen molar-refractivity contribution >= 4 is 0 Å². The first-order valence-corrected chi connectivity index (χ1v) is 7.67. The third-order valence-electron chi connectivity index (χ3n) is 4.47. The van der Waals surface area contributed by atoms with Gasteiger partial charge in [-0.2, -0.15) is 13.2 Å². The lowest BCUT2D eigenvalue weighted by Gasteiger charge is -2.29. The molecule has 4 atom stereocenters. The number of benzene rings is 1. The number of alkyl halides is 3. The summed E-state index contributed by atoms with van der Waals surface area (Å²) in [5, 5.41) is 19.7. The van der Waals surface area contributed by atoms with Gasteiger partial charge in [-0.15, -0.1) is 0 Å². The Kier molecular flexibility index (Phi) is 4.42. The van der Waals surface area contributed by atoms with E-state index in [0.29, 0.717) is 19.6 Å². The summed E-state index contributed by atoms with van der Waals surface area (Å²) in [6.07, 6.45) is -4.26. The predicted octanol–water partition coefficient (Wildman–Crippen LogP) is 3.33. The largest absolute Gasteiger partial charge is 0.504 e. The Labute approximate surface area is 131 Å². The number of epoxide rings is 2. The highest BCUT2D eigenvalue weighted by molar-refractivity contribution is 5.46. The van der Waals surface area contributed by atoms with Crippen molar-refractivity contribution in [2.24, 2.45) is 5.92 Å². The summed E-state index contributed by atoms with van der Waals surface area (Å²) in [6, 6.07) is 4.14. The smallest absolute Gasteiger partial charge is 0.392 e. The molecule has 2 aliphatic heterocycles. The lowest BCUT2D eigenvalue weighted by Crippen LogP contribution is -2.30. The highest BCUT2D eigenvalue weighted by Gasteiger charge is 2.48. The molecule has 0 radical (unpaired) electrons. The van der Waals surface area contributed by atoms with Gasteiger partial charge in [0.05, 0.1) is 31.3 Å². The van der Waals surface area contributed by atoms with Crippen molar-refractivity contribution in [1.82, 2.24) is 0 Å². The molecule has 4 unspecified atom stereocenters. The number of aromatic hydroxyl groups is 2. The zero-order valence-corrected chi connectivity index (χ0v) is 12.4. The van der Waals surface area contributed by atoms with Crippen molar-refractivity contribution in [2.45, 2.75) is 43.6 Å². The molecule has 2 saturated heterocycles. The zero-order chi connectivity index (χ0) is 16.6. The van der Waals surface area contributed by atoms with Crippen LogP contribution in [0, 0.1) is 5.92 Å². The molecule has 0 saturated carbocycles. The number of phenolic OH excluding ortho intramolecular Hbond substituents is 2. The van der Waals surface area contributed by atoms with E-state index in [1.807, 2.05) is 0 Å². The minimum Gasteiger partial charge on any atom is -0.504 e. The van der Waals surface area contributed by atoms with Crippen molar-refractivity contribution < 1.29 is 32.9 Å². The van der Waals surface area contributed by atoms with Gasteiger partial charge in [0.25, 0.3) is 0 Å². The van der Waals surface area contributed by atoms with Crippen LogP contribution in [0.2, 0.25) is 0 Å². The summed E-state index contributed by atoms with van der Waals surface area (Å²) in [4.78, 5) is 0. The molecule has 0 aliphatic carbocycles. The van der Waals surface area contributed by atoms with Crippen molar-refractivity contribution in [1.29, 1.82) is 0 Å². The van der Waals surface area contributed by atoms with E-state index in [1.165, 1.54) is 18.2 Å². The highest BCUT2D eigenvalue weighted by atomic mass is 19.4. The first-order valence-electron chi connectivity index (χ1n) is 7.67. The molecule has 2 N–H and O–H groups in total. The average molecular weight is 332 g/mol. The quantitative estimate of drug-likeness (QED) is 0.594. The van der Waals surface area contributed by atoms with E-state index < -0.39 is 29.5 Å². The van der Waals surface area contributed by atoms with Gasteiger partial charge in [0.1, 0.15) is 0 Å². The van der Waals surface area contributed by atoms with Crippen LogP contribution in [0.5, 0.6) is 11.5 Å². The van der Waals surface area contributed by atoms with E-state index in [1.54, 1.807) is 0 Å². The van der Waals surface area contributed by atoms with E-state index in [9.17, 15) is 23.4 Å². The van der Waals surface area contributed by atoms with Crippen LogP contribution >= 0.6 is 0 Å². The molecule has 128 valence electrons. The molecule has 1 aromatic rings. The summed E-state index contributed by atoms with van der Waals surface area (Å²) in [5.74, 6) is -3.44. The lowest BCUT2D eigenvalue weighted by atomic mass is 9.79. The first kappa shape index (κ1) is 16.4. The lowest BCUT2D eigenvalue weighted by molar-refractivity contribution is -0.184. The second kappa shape index (κ2) is 6.20. The fourth-order valence-electron chi connectivity index (χ4n) is 3.04. The maximum absolute atomic E-state index is 13.6. The fourth-order valence-corrected chi connectivity index (χ4v) is 3.04. The van der Waals surface area contributed by atoms with Crippen LogP contribution in [0.4, 0.5) is 13.2 Å². The summed E-state index contributed by atoms with van der Waals surface area (Å²) in [5.41, 5.74) is 0.125. The molecule has 23 heavy (non-hydrogen) atoms. The molecule has 2 fully saturated rings. The number of para-hydroxylation sites is 1. The van der Waals surface area contributed by atoms with Gasteiger partial charge >= 0.3 is 6.18 Å². The summed E-state index contributed by atoms with van der Waals surface area (Å²) >= 11 is 0. The molecule has 2 aliphatic rings. The standard InChI is InChI=1S/C16H19F3O4/c17-16(18,19)13(5-4-9-7-22-9)12(6-10-8-23-10)11-2-1-3-14(20)15(11)21/h1-3,9-10,12-13,20-21H,4-8H2. The first-order chi connectivity index (χ1) is 10.9. The molecule has 0 bridgehead atoms. The minimum atomic E-state index is -4.40. The molecular formula is C16H19F3O4. The van der Waals surface area contributed by atoms with E-state index in [-0.39, 0.29) is 30.6 Å². The summed E-state index contributed by atoms with van der Waals surface area (Å²) < 4.78 is 50.9. The molecular weight excluding hydrogens is 313 g/mol. The third kappa shape index (κ3) is 4.09. The Morgan fingerprint density at radius 3 is 2.35 bits per heavy atom. The molecule has 1 aromatic carbocycles. The number of hydrogen-bond donors (Lipinski definition) is 2. The second-order valence-electron chi connectivity index (χ2n) is 6.19. The normalized spacial score (nSPS) is 25.9. The van der Waals surface area contributed by atoms with Crippen molar-refractivity contribution in [2.75, 3.05) is 13.2 Å². The summed E-state index contributed by atoms with van der Waals surface area (Å²) in [6.45, 7) is 0.949. The SMILES string of the molecule is Oc1cccc(C(CC2CO2)C(CCC2CO2)C(F)(F)F)c1O. The Balaban J connectivity index is 1.88. The van der Waals surface area contributed by atoms with Crippen molar-refractivity contribution in [3.63, 3.8) is 0 Å². The van der Waals surface area contributed by atoms with Crippen molar-refractivity contribution in [3.8, 4) is 11.5 Å². The Bertz CT molecular complexity index is 553. The van der Waals surface area contributed by atoms with Gasteiger partial charge in [0.15, 0.2) is 11.5 Å². The van der Waals surface area contributed by atoms with Crippen LogP contribution in [0.1, 0.15) is 30.7 Å². The monoisotopic (exact) mass is 332 g/mol. The van der Waals surface area contributed by atoms with E-state index in [4.69, 9.17) is 9.47 Å². The van der Waals surface area contributed by atoms with Gasteiger partial charge in [-0.05, 0) is 25.3 Å². The van der Waals surface area contributed by atoms with Gasteiger partial charge in [0, 0.05) is 11.5 Å².